The molecular formula is C41H41N3O22. The van der Waals surface area contributed by atoms with Gasteiger partial charge in [-0.2, -0.15) is 0 Å². The highest BCUT2D eigenvalue weighted by molar-refractivity contribution is 5.93. The molecule has 0 saturated heterocycles. The van der Waals surface area contributed by atoms with E-state index in [1.807, 2.05) is 0 Å². The van der Waals surface area contributed by atoms with Gasteiger partial charge < -0.3 is 67.9 Å². The molecule has 3 aromatic rings. The molecule has 0 fully saturated rings. The van der Waals surface area contributed by atoms with Crippen LogP contribution in [0, 0.1) is 0 Å². The van der Waals surface area contributed by atoms with E-state index in [9.17, 15) is 52.7 Å². The van der Waals surface area contributed by atoms with Crippen LogP contribution >= 0.6 is 0 Å². The normalized spacial score (nSPS) is 10.7. The summed E-state index contributed by atoms with van der Waals surface area (Å²) in [5.74, 6) is -10.3. The van der Waals surface area contributed by atoms with E-state index in [2.05, 4.69) is 9.47 Å². The highest BCUT2D eigenvalue weighted by Gasteiger charge is 2.23. The number of carboxylic acid groups (broad SMARTS) is 3. The van der Waals surface area contributed by atoms with Crippen molar-refractivity contribution in [3.8, 4) is 0 Å². The lowest BCUT2D eigenvalue weighted by Crippen LogP contribution is -2.34. The fraction of sp³-hybridized carbons (Fsp3) is 0.293. The van der Waals surface area contributed by atoms with E-state index >= 15 is 0 Å². The number of hydrogen-bond donors (Lipinski definition) is 3. The van der Waals surface area contributed by atoms with Crippen LogP contribution < -0.4 is 14.7 Å². The molecule has 1 atom stereocenters. The van der Waals surface area contributed by atoms with Gasteiger partial charge in [0.25, 0.3) is 12.9 Å². The summed E-state index contributed by atoms with van der Waals surface area (Å²) in [6, 6.07) is 15.8. The maximum absolute atomic E-state index is 12.7. The molecule has 25 nitrogen and oxygen atoms in total. The van der Waals surface area contributed by atoms with Crippen molar-refractivity contribution in [3.05, 3.63) is 89.5 Å². The summed E-state index contributed by atoms with van der Waals surface area (Å²) >= 11 is 0. The van der Waals surface area contributed by atoms with Crippen molar-refractivity contribution < 1.29 is 106 Å². The Kier molecular flexibility index (Phi) is 20.8. The predicted octanol–water partition coefficient (Wildman–Crippen LogP) is 0.119. The third-order valence-corrected chi connectivity index (χ3v) is 8.22. The maximum atomic E-state index is 12.7. The van der Waals surface area contributed by atoms with Crippen LogP contribution in [0.2, 0.25) is 0 Å². The third-order valence-electron chi connectivity index (χ3n) is 8.22. The predicted molar refractivity (Wildman–Crippen MR) is 217 cm³/mol. The Morgan fingerprint density at radius 2 is 0.833 bits per heavy atom. The van der Waals surface area contributed by atoms with Gasteiger partial charge in [0.15, 0.2) is 39.4 Å². The van der Waals surface area contributed by atoms with Crippen molar-refractivity contribution in [1.29, 1.82) is 0 Å². The molecule has 1 unspecified atom stereocenters. The minimum absolute atomic E-state index is 0.00423. The van der Waals surface area contributed by atoms with Crippen molar-refractivity contribution in [2.75, 3.05) is 87.9 Å². The number of anilines is 3. The summed E-state index contributed by atoms with van der Waals surface area (Å²) in [6.45, 7) is -6.41. The first-order chi connectivity index (χ1) is 31.5. The summed E-state index contributed by atoms with van der Waals surface area (Å²) in [6.07, 6.45) is -1.58. The molecule has 0 aliphatic heterocycles. The second-order valence-corrected chi connectivity index (χ2v) is 13.1. The average Bonchev–Trinajstić information content (AvgIpc) is 3.29. The lowest BCUT2D eigenvalue weighted by atomic mass is 10.2. The monoisotopic (exact) mass is 927 g/mol. The zero-order chi connectivity index (χ0) is 48.6. The molecule has 25 heteroatoms. The van der Waals surface area contributed by atoms with E-state index < -0.39 is 106 Å². The summed E-state index contributed by atoms with van der Waals surface area (Å²) in [7, 11) is 1.52. The number of benzene rings is 3. The van der Waals surface area contributed by atoms with Crippen LogP contribution in [0.3, 0.4) is 0 Å². The minimum atomic E-state index is -1.58. The van der Waals surface area contributed by atoms with E-state index in [0.717, 1.165) is 4.90 Å². The van der Waals surface area contributed by atoms with Gasteiger partial charge in [-0.15, -0.1) is 0 Å². The van der Waals surface area contributed by atoms with Gasteiger partial charge >= 0.3 is 53.7 Å². The van der Waals surface area contributed by atoms with Gasteiger partial charge in [0.1, 0.15) is 32.8 Å². The number of esters is 6. The summed E-state index contributed by atoms with van der Waals surface area (Å²) < 4.78 is 39.5. The zero-order valence-corrected chi connectivity index (χ0v) is 34.7. The smallest absolute Gasteiger partial charge is 0.344 e. The van der Waals surface area contributed by atoms with Gasteiger partial charge in [-0.25, -0.2) is 28.8 Å². The Labute approximate surface area is 372 Å². The van der Waals surface area contributed by atoms with Crippen molar-refractivity contribution in [2.45, 2.75) is 6.10 Å². The van der Waals surface area contributed by atoms with Gasteiger partial charge in [-0.1, -0.05) is 0 Å². The number of nitrogens with zero attached hydrogens (tertiary/aromatic N) is 3. The Morgan fingerprint density at radius 3 is 1.20 bits per heavy atom. The van der Waals surface area contributed by atoms with Crippen molar-refractivity contribution in [1.82, 2.24) is 0 Å². The van der Waals surface area contributed by atoms with Crippen LogP contribution in [0.25, 0.3) is 0 Å². The first-order valence-electron chi connectivity index (χ1n) is 18.8. The maximum Gasteiger partial charge on any atom is 0.344 e. The SMILES string of the molecule is CN(CC(=O)O)c1ccc(C(=O)OCC(=O)OCC(COC(=O)COC(=O)c2ccc(N(COC=O)COC=O)cc2)OC(=O)COC(=O)c2ccc(N(CC(=O)O)CC(=O)O)cc2)cc1. The number of rotatable bonds is 29. The van der Waals surface area contributed by atoms with E-state index in [0.29, 0.717) is 11.4 Å². The summed E-state index contributed by atoms with van der Waals surface area (Å²) in [4.78, 5) is 134. The van der Waals surface area contributed by atoms with E-state index in [1.54, 1.807) is 0 Å². The lowest BCUT2D eigenvalue weighted by molar-refractivity contribution is -0.170. The number of carbonyl (C=O) groups excluding carboxylic acids is 8. The molecular weight excluding hydrogens is 886 g/mol. The Morgan fingerprint density at radius 1 is 0.485 bits per heavy atom. The largest absolute Gasteiger partial charge is 0.480 e. The first-order valence-corrected chi connectivity index (χ1v) is 18.8. The van der Waals surface area contributed by atoms with Crippen LogP contribution in [0.4, 0.5) is 17.1 Å². The van der Waals surface area contributed by atoms with Crippen molar-refractivity contribution in [2.24, 2.45) is 0 Å². The van der Waals surface area contributed by atoms with Gasteiger partial charge in [0.2, 0.25) is 0 Å². The van der Waals surface area contributed by atoms with E-state index in [4.69, 9.17) is 43.7 Å². The quantitative estimate of drug-likeness (QED) is 0.0360. The molecule has 3 rings (SSSR count). The number of likely N-dealkylation sites (N-methyl/N-ethyl adjacent to an activating group) is 1. The first kappa shape index (κ1) is 51.6. The molecule has 0 spiro atoms. The minimum Gasteiger partial charge on any atom is -0.480 e. The second kappa shape index (κ2) is 26.6. The molecule has 0 bridgehead atoms. The van der Waals surface area contributed by atoms with Crippen molar-refractivity contribution >= 4 is 83.7 Å². The number of carboxylic acids is 3. The lowest BCUT2D eigenvalue weighted by Gasteiger charge is -2.22. The number of carbonyl (C=O) groups is 11. The van der Waals surface area contributed by atoms with Crippen LogP contribution in [-0.2, 0) is 76.3 Å². The van der Waals surface area contributed by atoms with Crippen LogP contribution in [-0.4, -0.2) is 161 Å². The molecule has 0 amide bonds. The number of hydrogen-bond acceptors (Lipinski definition) is 22. The van der Waals surface area contributed by atoms with Gasteiger partial charge in [-0.05, 0) is 72.8 Å². The fourth-order valence-electron chi connectivity index (χ4n) is 5.17. The van der Waals surface area contributed by atoms with Gasteiger partial charge in [0, 0.05) is 24.1 Å². The Hall–Kier alpha value is -8.77. The third kappa shape index (κ3) is 18.3. The van der Waals surface area contributed by atoms with E-state index in [-0.39, 0.29) is 55.3 Å². The Balaban J connectivity index is 1.61. The number of aliphatic carboxylic acids is 3. The molecule has 3 N–H and O–H groups in total. The highest BCUT2D eigenvalue weighted by Crippen LogP contribution is 2.18. The van der Waals surface area contributed by atoms with Gasteiger partial charge in [0.05, 0.1) is 16.7 Å². The molecule has 352 valence electrons. The molecule has 0 aliphatic rings. The topological polar surface area (TPSA) is 332 Å². The molecule has 3 aromatic carbocycles. The van der Waals surface area contributed by atoms with Crippen LogP contribution in [0.5, 0.6) is 0 Å². The van der Waals surface area contributed by atoms with E-state index in [1.165, 1.54) is 89.6 Å². The molecule has 0 heterocycles. The summed E-state index contributed by atoms with van der Waals surface area (Å²) in [5, 5.41) is 27.2. The second-order valence-electron chi connectivity index (χ2n) is 13.1. The molecule has 0 saturated carbocycles. The Bertz CT molecular complexity index is 2170. The van der Waals surface area contributed by atoms with Crippen molar-refractivity contribution in [3.63, 3.8) is 0 Å². The van der Waals surface area contributed by atoms with Gasteiger partial charge in [-0.3, -0.25) is 24.0 Å². The highest BCUT2D eigenvalue weighted by atomic mass is 16.6. The standard InChI is InChI=1S/C41H41N3O22/c1-42(14-33(47)48)29-8-2-26(3-9-29)39(56)63-19-36(53)61-17-32(66-38(55)21-65-41(58)27-4-10-30(11-5-27)43(15-34(49)50)16-35(51)52)18-62-37(54)20-64-40(57)28-6-12-31(13-7-28)44(22-59-24-45)23-60-25-46/h2-13,24-25,32H,14-23H2,1H3,(H,47,48)(H,49,50)(H,51,52). The molecule has 66 heavy (non-hydrogen) atoms. The molecule has 0 radical (unpaired) electrons. The number of ether oxygens (including phenoxy) is 8. The fourth-order valence-corrected chi connectivity index (χ4v) is 5.17. The summed E-state index contributed by atoms with van der Waals surface area (Å²) in [5.41, 5.74) is 0.820. The van der Waals surface area contributed by atoms with Crippen LogP contribution in [0.1, 0.15) is 31.1 Å². The molecule has 0 aromatic heterocycles. The average molecular weight is 928 g/mol. The zero-order valence-electron chi connectivity index (χ0n) is 34.7. The van der Waals surface area contributed by atoms with Crippen LogP contribution in [0.15, 0.2) is 72.8 Å². The molecule has 0 aliphatic carbocycles.